The molecule has 1 saturated carbocycles. The molecule has 3 fully saturated rings. The molecule has 2 saturated heterocycles. The van der Waals surface area contributed by atoms with Gasteiger partial charge in [-0.05, 0) is 43.4 Å². The first-order valence-corrected chi connectivity index (χ1v) is 13.0. The summed E-state index contributed by atoms with van der Waals surface area (Å²) in [5.74, 6) is -0.363. The summed E-state index contributed by atoms with van der Waals surface area (Å²) in [5, 5.41) is 3.01. The predicted molar refractivity (Wildman–Crippen MR) is 131 cm³/mol. The molecule has 1 aromatic carbocycles. The van der Waals surface area contributed by atoms with Crippen molar-refractivity contribution in [2.24, 2.45) is 17.3 Å². The summed E-state index contributed by atoms with van der Waals surface area (Å²) in [4.78, 5) is 37.4. The number of aromatic nitrogens is 2. The van der Waals surface area contributed by atoms with Crippen molar-refractivity contribution in [1.82, 2.24) is 19.8 Å². The van der Waals surface area contributed by atoms with E-state index in [9.17, 15) is 27.2 Å². The standard InChI is InChI=1S/C27H31F4N5O2/c1-26(8-9-26)24(38)35-10-6-18(7-11-35)23(37)36-15-19(22(16-36)17-2-4-21(28)5-3-17)12-32-25-33-13-20(14-34-25)27(29,30)31/h2-5,13-14,18-19,22H,6-12,15-16H2,1H3,(H,32,33,34)/t19-,22?/m0/s1. The van der Waals surface area contributed by atoms with Crippen LogP contribution in [0.1, 0.15) is 49.7 Å². The van der Waals surface area contributed by atoms with Crippen molar-refractivity contribution in [2.75, 3.05) is 38.0 Å². The molecule has 1 aliphatic carbocycles. The molecule has 3 heterocycles. The Morgan fingerprint density at radius 2 is 1.66 bits per heavy atom. The van der Waals surface area contributed by atoms with Crippen molar-refractivity contribution in [3.8, 4) is 0 Å². The van der Waals surface area contributed by atoms with E-state index in [0.717, 1.165) is 30.8 Å². The van der Waals surface area contributed by atoms with E-state index < -0.39 is 11.7 Å². The van der Waals surface area contributed by atoms with Gasteiger partial charge in [-0.3, -0.25) is 9.59 Å². The van der Waals surface area contributed by atoms with Crippen LogP contribution in [-0.4, -0.2) is 64.3 Å². The lowest BCUT2D eigenvalue weighted by atomic mass is 9.89. The first-order chi connectivity index (χ1) is 18.0. The third kappa shape index (κ3) is 5.61. The first-order valence-electron chi connectivity index (χ1n) is 13.0. The molecule has 38 heavy (non-hydrogen) atoms. The van der Waals surface area contributed by atoms with Crippen LogP contribution in [0.5, 0.6) is 0 Å². The highest BCUT2D eigenvalue weighted by atomic mass is 19.4. The fraction of sp³-hybridized carbons (Fsp3) is 0.556. The molecule has 2 amide bonds. The van der Waals surface area contributed by atoms with Crippen molar-refractivity contribution < 1.29 is 27.2 Å². The average Bonchev–Trinajstić information content (AvgIpc) is 3.52. The molecule has 0 bridgehead atoms. The van der Waals surface area contributed by atoms with Gasteiger partial charge in [-0.2, -0.15) is 13.2 Å². The number of hydrogen-bond donors (Lipinski definition) is 1. The van der Waals surface area contributed by atoms with Crippen molar-refractivity contribution >= 4 is 17.8 Å². The number of carbonyl (C=O) groups is 2. The van der Waals surface area contributed by atoms with Crippen LogP contribution in [0.3, 0.4) is 0 Å². The van der Waals surface area contributed by atoms with Gasteiger partial charge in [0.15, 0.2) is 0 Å². The molecule has 2 aliphatic heterocycles. The van der Waals surface area contributed by atoms with Crippen molar-refractivity contribution in [1.29, 1.82) is 0 Å². The number of likely N-dealkylation sites (tertiary alicyclic amines) is 2. The Balaban J connectivity index is 1.23. The molecule has 2 aromatic rings. The Bertz CT molecular complexity index is 1160. The second-order valence-electron chi connectivity index (χ2n) is 11.0. The summed E-state index contributed by atoms with van der Waals surface area (Å²) in [6.07, 6.45) is 0.0570. The maximum Gasteiger partial charge on any atom is 0.419 e. The minimum Gasteiger partial charge on any atom is -0.354 e. The van der Waals surface area contributed by atoms with Crippen LogP contribution >= 0.6 is 0 Å². The predicted octanol–water partition coefficient (Wildman–Crippen LogP) is 4.33. The molecule has 1 unspecified atom stereocenters. The Morgan fingerprint density at radius 1 is 1.03 bits per heavy atom. The van der Waals surface area contributed by atoms with Crippen LogP contribution in [0.2, 0.25) is 0 Å². The molecule has 2 atom stereocenters. The first kappa shape index (κ1) is 26.4. The summed E-state index contributed by atoms with van der Waals surface area (Å²) in [6.45, 7) is 4.40. The lowest BCUT2D eigenvalue weighted by Gasteiger charge is -2.34. The van der Waals surface area contributed by atoms with Crippen molar-refractivity contribution in [2.45, 2.75) is 44.7 Å². The van der Waals surface area contributed by atoms with E-state index in [1.165, 1.54) is 12.1 Å². The molecule has 5 rings (SSSR count). The third-order valence-electron chi connectivity index (χ3n) is 8.20. The van der Waals surface area contributed by atoms with Crippen LogP contribution in [0.25, 0.3) is 0 Å². The Labute approximate surface area is 218 Å². The Hall–Kier alpha value is -3.24. The number of piperidine rings is 1. The van der Waals surface area contributed by atoms with Crippen molar-refractivity contribution in [3.63, 3.8) is 0 Å². The molecular weight excluding hydrogens is 502 g/mol. The van der Waals surface area contributed by atoms with Gasteiger partial charge in [0, 0.05) is 68.3 Å². The number of benzene rings is 1. The maximum atomic E-state index is 13.6. The van der Waals surface area contributed by atoms with E-state index in [0.29, 0.717) is 45.6 Å². The topological polar surface area (TPSA) is 78.4 Å². The molecule has 7 nitrogen and oxygen atoms in total. The van der Waals surface area contributed by atoms with Crippen LogP contribution in [0.15, 0.2) is 36.7 Å². The van der Waals surface area contributed by atoms with Crippen LogP contribution in [0, 0.1) is 23.1 Å². The van der Waals surface area contributed by atoms with Gasteiger partial charge in [0.2, 0.25) is 17.8 Å². The Kier molecular flexibility index (Phi) is 7.04. The van der Waals surface area contributed by atoms with Gasteiger partial charge >= 0.3 is 6.18 Å². The second kappa shape index (κ2) is 10.1. The van der Waals surface area contributed by atoms with Gasteiger partial charge < -0.3 is 15.1 Å². The van der Waals surface area contributed by atoms with Gasteiger partial charge in [-0.1, -0.05) is 19.1 Å². The normalized spacial score (nSPS) is 23.4. The van der Waals surface area contributed by atoms with Crippen molar-refractivity contribution in [3.05, 3.63) is 53.6 Å². The molecular formula is C27H31F4N5O2. The Morgan fingerprint density at radius 3 is 2.24 bits per heavy atom. The quantitative estimate of drug-likeness (QED) is 0.560. The summed E-state index contributed by atoms with van der Waals surface area (Å²) >= 11 is 0. The minimum absolute atomic E-state index is 0.0510. The molecule has 3 aliphatic rings. The highest BCUT2D eigenvalue weighted by Crippen LogP contribution is 2.47. The number of hydrogen-bond acceptors (Lipinski definition) is 5. The highest BCUT2D eigenvalue weighted by molar-refractivity contribution is 5.85. The number of halogens is 4. The largest absolute Gasteiger partial charge is 0.419 e. The average molecular weight is 534 g/mol. The van der Waals surface area contributed by atoms with Gasteiger partial charge in [-0.15, -0.1) is 0 Å². The summed E-state index contributed by atoms with van der Waals surface area (Å²) in [6, 6.07) is 6.18. The molecule has 0 spiro atoms. The monoisotopic (exact) mass is 533 g/mol. The van der Waals surface area contributed by atoms with Gasteiger partial charge in [0.25, 0.3) is 0 Å². The third-order valence-corrected chi connectivity index (χ3v) is 8.20. The number of nitrogens with zero attached hydrogens (tertiary/aromatic N) is 4. The maximum absolute atomic E-state index is 13.6. The molecule has 1 aromatic heterocycles. The lowest BCUT2D eigenvalue weighted by molar-refractivity contribution is -0.142. The smallest absolute Gasteiger partial charge is 0.354 e. The number of rotatable bonds is 6. The van der Waals surface area contributed by atoms with Crippen LogP contribution < -0.4 is 5.32 Å². The van der Waals surface area contributed by atoms with E-state index in [1.54, 1.807) is 12.1 Å². The van der Waals surface area contributed by atoms with Crippen LogP contribution in [0.4, 0.5) is 23.5 Å². The highest BCUT2D eigenvalue weighted by Gasteiger charge is 2.48. The van der Waals surface area contributed by atoms with Gasteiger partial charge in [0.1, 0.15) is 5.82 Å². The van der Waals surface area contributed by atoms with E-state index in [1.807, 2.05) is 16.7 Å². The zero-order valence-corrected chi connectivity index (χ0v) is 21.2. The SMILES string of the molecule is CC1(C(=O)N2CCC(C(=O)N3CC(c4ccc(F)cc4)[C@@H](CNc4ncc(C(F)(F)F)cn4)C3)CC2)CC1. The van der Waals surface area contributed by atoms with Gasteiger partial charge in [0.05, 0.1) is 5.56 Å². The molecule has 1 N–H and O–H groups in total. The number of anilines is 1. The van der Waals surface area contributed by atoms with E-state index >= 15 is 0 Å². The number of amides is 2. The number of alkyl halides is 3. The minimum atomic E-state index is -4.52. The van der Waals surface area contributed by atoms with E-state index in [2.05, 4.69) is 15.3 Å². The van der Waals surface area contributed by atoms with E-state index in [4.69, 9.17) is 0 Å². The van der Waals surface area contributed by atoms with E-state index in [-0.39, 0.29) is 46.7 Å². The van der Waals surface area contributed by atoms with Gasteiger partial charge in [-0.25, -0.2) is 14.4 Å². The zero-order chi connectivity index (χ0) is 27.1. The summed E-state index contributed by atoms with van der Waals surface area (Å²) < 4.78 is 52.0. The fourth-order valence-corrected chi connectivity index (χ4v) is 5.50. The number of carbonyl (C=O) groups excluding carboxylic acids is 2. The number of nitrogens with one attached hydrogen (secondary N) is 1. The molecule has 0 radical (unpaired) electrons. The molecule has 204 valence electrons. The summed E-state index contributed by atoms with van der Waals surface area (Å²) in [5.41, 5.74) is -0.255. The zero-order valence-electron chi connectivity index (χ0n) is 21.2. The second-order valence-corrected chi connectivity index (χ2v) is 11.0. The fourth-order valence-electron chi connectivity index (χ4n) is 5.50. The lowest BCUT2D eigenvalue weighted by Crippen LogP contribution is -2.45. The molecule has 11 heteroatoms. The summed E-state index contributed by atoms with van der Waals surface area (Å²) in [7, 11) is 0. The van der Waals surface area contributed by atoms with Crippen LogP contribution in [-0.2, 0) is 15.8 Å².